The summed E-state index contributed by atoms with van der Waals surface area (Å²) in [6, 6.07) is 5.51. The minimum Gasteiger partial charge on any atom is -0.399 e. The molecule has 0 fully saturated rings. The lowest BCUT2D eigenvalue weighted by molar-refractivity contribution is -0.117. The first-order valence-corrected chi connectivity index (χ1v) is 7.02. The fourth-order valence-electron chi connectivity index (χ4n) is 1.85. The second kappa shape index (κ2) is 8.55. The summed E-state index contributed by atoms with van der Waals surface area (Å²) in [5, 5.41) is 2.90. The van der Waals surface area contributed by atoms with Gasteiger partial charge in [-0.25, -0.2) is 0 Å². The van der Waals surface area contributed by atoms with Crippen molar-refractivity contribution in [1.82, 2.24) is 4.90 Å². The Morgan fingerprint density at radius 1 is 1.40 bits per heavy atom. The van der Waals surface area contributed by atoms with Gasteiger partial charge in [0.05, 0.1) is 13.2 Å². The van der Waals surface area contributed by atoms with Crippen molar-refractivity contribution in [1.29, 1.82) is 0 Å². The van der Waals surface area contributed by atoms with E-state index in [0.717, 1.165) is 24.3 Å². The zero-order chi connectivity index (χ0) is 15.0. The monoisotopic (exact) mass is 279 g/mol. The number of nitrogens with two attached hydrogens (primary N) is 1. The van der Waals surface area contributed by atoms with Crippen LogP contribution in [0.15, 0.2) is 18.2 Å². The van der Waals surface area contributed by atoms with E-state index in [2.05, 4.69) is 5.32 Å². The number of ether oxygens (including phenoxy) is 1. The summed E-state index contributed by atoms with van der Waals surface area (Å²) in [4.78, 5) is 14.1. The van der Waals surface area contributed by atoms with E-state index in [1.165, 1.54) is 0 Å². The van der Waals surface area contributed by atoms with Crippen molar-refractivity contribution in [2.24, 2.45) is 0 Å². The van der Waals surface area contributed by atoms with Crippen LogP contribution in [-0.4, -0.2) is 43.7 Å². The van der Waals surface area contributed by atoms with E-state index in [9.17, 15) is 4.79 Å². The molecule has 3 N–H and O–H groups in total. The Bertz CT molecular complexity index is 435. The quantitative estimate of drug-likeness (QED) is 0.563. The first-order chi connectivity index (χ1) is 9.56. The third-order valence-electron chi connectivity index (χ3n) is 3.11. The number of likely N-dealkylation sites (N-methyl/N-ethyl adjacent to an activating group) is 1. The molecule has 0 aromatic heterocycles. The molecule has 0 atom stereocenters. The second-order valence-corrected chi connectivity index (χ2v) is 4.69. The molecule has 1 aromatic carbocycles. The molecule has 0 aliphatic heterocycles. The van der Waals surface area contributed by atoms with Gasteiger partial charge in [-0.2, -0.15) is 0 Å². The molecule has 0 heterocycles. The normalized spacial score (nSPS) is 10.8. The summed E-state index contributed by atoms with van der Waals surface area (Å²) in [5.74, 6) is -0.0305. The number of rotatable bonds is 8. The summed E-state index contributed by atoms with van der Waals surface area (Å²) in [7, 11) is 0. The van der Waals surface area contributed by atoms with Crippen molar-refractivity contribution in [2.75, 3.05) is 43.9 Å². The fourth-order valence-corrected chi connectivity index (χ4v) is 1.85. The largest absolute Gasteiger partial charge is 0.399 e. The number of nitrogens with one attached hydrogen (secondary N) is 1. The lowest BCUT2D eigenvalue weighted by Crippen LogP contribution is -2.35. The highest BCUT2D eigenvalue weighted by molar-refractivity contribution is 5.93. The number of anilines is 2. The Balaban J connectivity index is 2.51. The number of nitrogen functional groups attached to an aromatic ring is 1. The summed E-state index contributed by atoms with van der Waals surface area (Å²) in [6.45, 7) is 9.22. The first-order valence-electron chi connectivity index (χ1n) is 7.02. The molecule has 112 valence electrons. The van der Waals surface area contributed by atoms with Crippen molar-refractivity contribution in [2.45, 2.75) is 20.8 Å². The highest BCUT2D eigenvalue weighted by Crippen LogP contribution is 2.17. The van der Waals surface area contributed by atoms with Gasteiger partial charge in [0.1, 0.15) is 0 Å². The molecule has 0 aliphatic rings. The van der Waals surface area contributed by atoms with Crippen LogP contribution in [-0.2, 0) is 9.53 Å². The number of hydrogen-bond acceptors (Lipinski definition) is 4. The standard InChI is InChI=1S/C15H25N3O2/c1-4-18(8-9-20-5-2)11-15(19)17-14-10-13(16)7-6-12(14)3/h6-7,10H,4-5,8-9,11,16H2,1-3H3,(H,17,19). The van der Waals surface area contributed by atoms with E-state index in [1.807, 2.05) is 37.8 Å². The number of aryl methyl sites for hydroxylation is 1. The zero-order valence-corrected chi connectivity index (χ0v) is 12.6. The van der Waals surface area contributed by atoms with Crippen molar-refractivity contribution in [3.05, 3.63) is 23.8 Å². The highest BCUT2D eigenvalue weighted by Gasteiger charge is 2.10. The van der Waals surface area contributed by atoms with Gasteiger partial charge in [0.25, 0.3) is 0 Å². The molecule has 0 unspecified atom stereocenters. The molecule has 0 radical (unpaired) electrons. The van der Waals surface area contributed by atoms with E-state index < -0.39 is 0 Å². The maximum atomic E-state index is 12.0. The first kappa shape index (κ1) is 16.5. The number of amides is 1. The molecule has 0 spiro atoms. The Kier molecular flexibility index (Phi) is 7.04. The Morgan fingerprint density at radius 2 is 2.15 bits per heavy atom. The molecule has 0 saturated heterocycles. The second-order valence-electron chi connectivity index (χ2n) is 4.69. The SMILES string of the molecule is CCOCCN(CC)CC(=O)Nc1cc(N)ccc1C. The Hall–Kier alpha value is -1.59. The van der Waals surface area contributed by atoms with Gasteiger partial charge in [-0.1, -0.05) is 13.0 Å². The van der Waals surface area contributed by atoms with Crippen LogP contribution in [0, 0.1) is 6.92 Å². The van der Waals surface area contributed by atoms with Crippen LogP contribution >= 0.6 is 0 Å². The average molecular weight is 279 g/mol. The topological polar surface area (TPSA) is 67.6 Å². The number of carbonyl (C=O) groups is 1. The van der Waals surface area contributed by atoms with Crippen LogP contribution in [0.1, 0.15) is 19.4 Å². The Labute approximate surface area is 121 Å². The van der Waals surface area contributed by atoms with Gasteiger partial charge >= 0.3 is 0 Å². The zero-order valence-electron chi connectivity index (χ0n) is 12.6. The molecule has 0 aliphatic carbocycles. The van der Waals surface area contributed by atoms with E-state index in [-0.39, 0.29) is 5.91 Å². The summed E-state index contributed by atoms with van der Waals surface area (Å²) < 4.78 is 5.31. The van der Waals surface area contributed by atoms with E-state index in [4.69, 9.17) is 10.5 Å². The minimum atomic E-state index is -0.0305. The van der Waals surface area contributed by atoms with Crippen molar-refractivity contribution in [3.63, 3.8) is 0 Å². The molecule has 0 bridgehead atoms. The van der Waals surface area contributed by atoms with Crippen molar-refractivity contribution in [3.8, 4) is 0 Å². The molecule has 1 rings (SSSR count). The van der Waals surface area contributed by atoms with Crippen molar-refractivity contribution >= 4 is 17.3 Å². The van der Waals surface area contributed by atoms with Crippen LogP contribution in [0.25, 0.3) is 0 Å². The van der Waals surface area contributed by atoms with Gasteiger partial charge < -0.3 is 15.8 Å². The summed E-state index contributed by atoms with van der Waals surface area (Å²) >= 11 is 0. The average Bonchev–Trinajstić information content (AvgIpc) is 2.42. The fraction of sp³-hybridized carbons (Fsp3) is 0.533. The van der Waals surface area contributed by atoms with Gasteiger partial charge in [0.2, 0.25) is 5.91 Å². The molecular formula is C15H25N3O2. The van der Waals surface area contributed by atoms with Crippen LogP contribution in [0.2, 0.25) is 0 Å². The molecule has 1 aromatic rings. The van der Waals surface area contributed by atoms with Crippen LogP contribution in [0.5, 0.6) is 0 Å². The predicted molar refractivity (Wildman–Crippen MR) is 82.8 cm³/mol. The third-order valence-corrected chi connectivity index (χ3v) is 3.11. The maximum Gasteiger partial charge on any atom is 0.238 e. The molecular weight excluding hydrogens is 254 g/mol. The molecule has 5 heteroatoms. The van der Waals surface area contributed by atoms with Gasteiger partial charge in [0, 0.05) is 24.5 Å². The van der Waals surface area contributed by atoms with E-state index in [0.29, 0.717) is 25.4 Å². The lowest BCUT2D eigenvalue weighted by atomic mass is 10.2. The number of hydrogen-bond donors (Lipinski definition) is 2. The van der Waals surface area contributed by atoms with Crippen LogP contribution < -0.4 is 11.1 Å². The van der Waals surface area contributed by atoms with E-state index >= 15 is 0 Å². The number of nitrogens with zero attached hydrogens (tertiary/aromatic N) is 1. The van der Waals surface area contributed by atoms with Crippen LogP contribution in [0.4, 0.5) is 11.4 Å². The molecule has 0 saturated carbocycles. The maximum absolute atomic E-state index is 12.0. The molecule has 5 nitrogen and oxygen atoms in total. The number of carbonyl (C=O) groups excluding carboxylic acids is 1. The minimum absolute atomic E-state index is 0.0305. The Morgan fingerprint density at radius 3 is 2.80 bits per heavy atom. The predicted octanol–water partition coefficient (Wildman–Crippen LogP) is 1.87. The van der Waals surface area contributed by atoms with Gasteiger partial charge in [0.15, 0.2) is 0 Å². The van der Waals surface area contributed by atoms with Gasteiger partial charge in [-0.15, -0.1) is 0 Å². The lowest BCUT2D eigenvalue weighted by Gasteiger charge is -2.20. The van der Waals surface area contributed by atoms with Gasteiger partial charge in [-0.05, 0) is 38.1 Å². The van der Waals surface area contributed by atoms with Crippen LogP contribution in [0.3, 0.4) is 0 Å². The smallest absolute Gasteiger partial charge is 0.238 e. The third kappa shape index (κ3) is 5.59. The molecule has 1 amide bonds. The number of benzene rings is 1. The summed E-state index contributed by atoms with van der Waals surface area (Å²) in [5.41, 5.74) is 8.16. The highest BCUT2D eigenvalue weighted by atomic mass is 16.5. The van der Waals surface area contributed by atoms with Crippen molar-refractivity contribution < 1.29 is 9.53 Å². The van der Waals surface area contributed by atoms with E-state index in [1.54, 1.807) is 6.07 Å². The molecule has 20 heavy (non-hydrogen) atoms. The van der Waals surface area contributed by atoms with Gasteiger partial charge in [-0.3, -0.25) is 9.69 Å². The summed E-state index contributed by atoms with van der Waals surface area (Å²) in [6.07, 6.45) is 0.